The fourth-order valence-corrected chi connectivity index (χ4v) is 2.92. The molecular weight excluding hydrogens is 188 g/mol. The highest BCUT2D eigenvalue weighted by molar-refractivity contribution is 5.79. The molecule has 2 heterocycles. The van der Waals surface area contributed by atoms with Gasteiger partial charge >= 0.3 is 0 Å². The highest BCUT2D eigenvalue weighted by Crippen LogP contribution is 2.33. The molecule has 4 atom stereocenters. The summed E-state index contributed by atoms with van der Waals surface area (Å²) in [5, 5.41) is 3.42. The topological polar surface area (TPSA) is 32.3 Å². The second-order valence-corrected chi connectivity index (χ2v) is 5.12. The van der Waals surface area contributed by atoms with Gasteiger partial charge in [0.05, 0.1) is 0 Å². The molecule has 3 heteroatoms. The minimum absolute atomic E-state index is 0.194. The van der Waals surface area contributed by atoms with E-state index in [2.05, 4.69) is 24.1 Å². The monoisotopic (exact) mass is 210 g/mol. The predicted octanol–water partition coefficient (Wildman–Crippen LogP) is 1.10. The van der Waals surface area contributed by atoms with Gasteiger partial charge in [-0.25, -0.2) is 0 Å². The van der Waals surface area contributed by atoms with Crippen molar-refractivity contribution in [3.8, 4) is 0 Å². The second kappa shape index (κ2) is 4.12. The molecule has 0 aromatic heterocycles. The van der Waals surface area contributed by atoms with Gasteiger partial charge in [0.15, 0.2) is 0 Å². The first-order chi connectivity index (χ1) is 7.15. The fraction of sp³-hybridized carbons (Fsp3) is 0.917. The van der Waals surface area contributed by atoms with Gasteiger partial charge in [-0.1, -0.05) is 13.8 Å². The highest BCUT2D eigenvalue weighted by Gasteiger charge is 2.44. The molecule has 0 bridgehead atoms. The lowest BCUT2D eigenvalue weighted by Gasteiger charge is -2.27. The predicted molar refractivity (Wildman–Crippen MR) is 60.5 cm³/mol. The summed E-state index contributed by atoms with van der Waals surface area (Å²) in [5.41, 5.74) is 0. The van der Waals surface area contributed by atoms with E-state index in [-0.39, 0.29) is 5.92 Å². The average molecular weight is 210 g/mol. The van der Waals surface area contributed by atoms with E-state index in [1.54, 1.807) is 0 Å². The van der Waals surface area contributed by atoms with Crippen molar-refractivity contribution < 1.29 is 4.79 Å². The Labute approximate surface area is 92.2 Å². The summed E-state index contributed by atoms with van der Waals surface area (Å²) in [6.45, 7) is 9.50. The van der Waals surface area contributed by atoms with Crippen LogP contribution in [0.2, 0.25) is 0 Å². The van der Waals surface area contributed by atoms with E-state index in [0.29, 0.717) is 23.8 Å². The summed E-state index contributed by atoms with van der Waals surface area (Å²) >= 11 is 0. The first kappa shape index (κ1) is 10.9. The van der Waals surface area contributed by atoms with E-state index in [1.807, 2.05) is 6.92 Å². The molecule has 1 N–H and O–H groups in total. The summed E-state index contributed by atoms with van der Waals surface area (Å²) in [6, 6.07) is 0.437. The number of nitrogens with one attached hydrogen (secondary N) is 1. The molecule has 2 aliphatic heterocycles. The van der Waals surface area contributed by atoms with Crippen LogP contribution in [-0.4, -0.2) is 36.5 Å². The fourth-order valence-electron chi connectivity index (χ4n) is 2.92. The van der Waals surface area contributed by atoms with Crippen molar-refractivity contribution in [3.63, 3.8) is 0 Å². The molecule has 2 fully saturated rings. The highest BCUT2D eigenvalue weighted by atomic mass is 16.2. The normalized spacial score (nSPS) is 36.7. The molecule has 2 rings (SSSR count). The number of amides is 1. The Morgan fingerprint density at radius 1 is 1.53 bits per heavy atom. The molecule has 0 radical (unpaired) electrons. The van der Waals surface area contributed by atoms with Crippen LogP contribution in [-0.2, 0) is 4.79 Å². The zero-order valence-corrected chi connectivity index (χ0v) is 9.99. The SMILES string of the molecule is CCC(C)C(=O)N1CC2CNCC2C1C. The average Bonchev–Trinajstić information content (AvgIpc) is 2.80. The van der Waals surface area contributed by atoms with Crippen LogP contribution in [0.3, 0.4) is 0 Å². The number of likely N-dealkylation sites (tertiary alicyclic amines) is 1. The number of carbonyl (C=O) groups excluding carboxylic acids is 1. The molecule has 2 aliphatic rings. The largest absolute Gasteiger partial charge is 0.339 e. The van der Waals surface area contributed by atoms with Crippen molar-refractivity contribution in [1.82, 2.24) is 10.2 Å². The molecule has 0 saturated carbocycles. The molecule has 4 unspecified atom stereocenters. The van der Waals surface area contributed by atoms with E-state index in [0.717, 1.165) is 26.1 Å². The van der Waals surface area contributed by atoms with Gasteiger partial charge in [0.1, 0.15) is 0 Å². The Bertz CT molecular complexity index is 254. The van der Waals surface area contributed by atoms with Crippen LogP contribution < -0.4 is 5.32 Å². The molecule has 15 heavy (non-hydrogen) atoms. The van der Waals surface area contributed by atoms with Crippen molar-refractivity contribution in [2.75, 3.05) is 19.6 Å². The van der Waals surface area contributed by atoms with E-state index < -0.39 is 0 Å². The van der Waals surface area contributed by atoms with Crippen LogP contribution in [0.15, 0.2) is 0 Å². The first-order valence-electron chi connectivity index (χ1n) is 6.16. The van der Waals surface area contributed by atoms with Crippen LogP contribution in [0, 0.1) is 17.8 Å². The second-order valence-electron chi connectivity index (χ2n) is 5.12. The lowest BCUT2D eigenvalue weighted by atomic mass is 9.95. The zero-order valence-electron chi connectivity index (χ0n) is 9.99. The van der Waals surface area contributed by atoms with Crippen molar-refractivity contribution in [2.45, 2.75) is 33.2 Å². The smallest absolute Gasteiger partial charge is 0.225 e. The summed E-state index contributed by atoms with van der Waals surface area (Å²) in [4.78, 5) is 14.2. The summed E-state index contributed by atoms with van der Waals surface area (Å²) < 4.78 is 0. The molecule has 1 amide bonds. The molecule has 0 aliphatic carbocycles. The van der Waals surface area contributed by atoms with Crippen molar-refractivity contribution in [2.24, 2.45) is 17.8 Å². The van der Waals surface area contributed by atoms with E-state index in [1.165, 1.54) is 0 Å². The van der Waals surface area contributed by atoms with Crippen LogP contribution >= 0.6 is 0 Å². The zero-order chi connectivity index (χ0) is 11.0. The maximum Gasteiger partial charge on any atom is 0.225 e. The Hall–Kier alpha value is -0.570. The number of carbonyl (C=O) groups is 1. The van der Waals surface area contributed by atoms with Gasteiger partial charge in [-0.2, -0.15) is 0 Å². The van der Waals surface area contributed by atoms with E-state index in [4.69, 9.17) is 0 Å². The van der Waals surface area contributed by atoms with Gasteiger partial charge in [0.2, 0.25) is 5.91 Å². The number of fused-ring (bicyclic) bond motifs is 1. The maximum absolute atomic E-state index is 12.1. The standard InChI is InChI=1S/C12H22N2O/c1-4-8(2)12(15)14-7-10-5-13-6-11(10)9(14)3/h8-11,13H,4-7H2,1-3H3. The molecule has 0 aromatic carbocycles. The summed E-state index contributed by atoms with van der Waals surface area (Å²) in [5.74, 6) is 1.95. The summed E-state index contributed by atoms with van der Waals surface area (Å²) in [6.07, 6.45) is 0.954. The van der Waals surface area contributed by atoms with Crippen LogP contribution in [0.5, 0.6) is 0 Å². The maximum atomic E-state index is 12.1. The van der Waals surface area contributed by atoms with Crippen LogP contribution in [0.4, 0.5) is 0 Å². The number of rotatable bonds is 2. The molecule has 3 nitrogen and oxygen atoms in total. The molecular formula is C12H22N2O. The lowest BCUT2D eigenvalue weighted by molar-refractivity contribution is -0.136. The van der Waals surface area contributed by atoms with Gasteiger partial charge in [0.25, 0.3) is 0 Å². The van der Waals surface area contributed by atoms with Crippen molar-refractivity contribution >= 4 is 5.91 Å². The first-order valence-corrected chi connectivity index (χ1v) is 6.16. The quantitative estimate of drug-likeness (QED) is 0.740. The molecule has 86 valence electrons. The van der Waals surface area contributed by atoms with Gasteiger partial charge in [-0.05, 0) is 25.2 Å². The Kier molecular flexibility index (Phi) is 3.01. The lowest BCUT2D eigenvalue weighted by Crippen LogP contribution is -2.40. The minimum Gasteiger partial charge on any atom is -0.339 e. The van der Waals surface area contributed by atoms with Crippen molar-refractivity contribution in [3.05, 3.63) is 0 Å². The Morgan fingerprint density at radius 2 is 2.27 bits per heavy atom. The third-order valence-electron chi connectivity index (χ3n) is 4.25. The molecule has 2 saturated heterocycles. The van der Waals surface area contributed by atoms with Gasteiger partial charge in [-0.3, -0.25) is 4.79 Å². The van der Waals surface area contributed by atoms with Crippen LogP contribution in [0.25, 0.3) is 0 Å². The molecule has 0 aromatic rings. The summed E-state index contributed by atoms with van der Waals surface area (Å²) in [7, 11) is 0. The minimum atomic E-state index is 0.194. The third kappa shape index (κ3) is 1.78. The Morgan fingerprint density at radius 3 is 2.87 bits per heavy atom. The third-order valence-corrected chi connectivity index (χ3v) is 4.25. The van der Waals surface area contributed by atoms with Crippen LogP contribution in [0.1, 0.15) is 27.2 Å². The van der Waals surface area contributed by atoms with Gasteiger partial charge < -0.3 is 10.2 Å². The Balaban J connectivity index is 2.03. The van der Waals surface area contributed by atoms with E-state index in [9.17, 15) is 4.79 Å². The number of nitrogens with zero attached hydrogens (tertiary/aromatic N) is 1. The number of hydrogen-bond acceptors (Lipinski definition) is 2. The van der Waals surface area contributed by atoms with Crippen molar-refractivity contribution in [1.29, 1.82) is 0 Å². The van der Waals surface area contributed by atoms with Gasteiger partial charge in [-0.15, -0.1) is 0 Å². The van der Waals surface area contributed by atoms with E-state index >= 15 is 0 Å². The molecule has 0 spiro atoms. The number of hydrogen-bond donors (Lipinski definition) is 1. The van der Waals surface area contributed by atoms with Gasteiger partial charge in [0, 0.05) is 31.6 Å².